The zero-order chi connectivity index (χ0) is 19.0. The van der Waals surface area contributed by atoms with E-state index in [9.17, 15) is 9.59 Å². The molecule has 2 heterocycles. The van der Waals surface area contributed by atoms with Crippen molar-refractivity contribution < 1.29 is 9.59 Å². The van der Waals surface area contributed by atoms with E-state index < -0.39 is 0 Å². The number of benzene rings is 1. The average molecular weight is 405 g/mol. The number of nitrogens with zero attached hydrogens (tertiary/aromatic N) is 3. The summed E-state index contributed by atoms with van der Waals surface area (Å²) in [6.07, 6.45) is 2.05. The van der Waals surface area contributed by atoms with Crippen LogP contribution in [0.3, 0.4) is 0 Å². The van der Waals surface area contributed by atoms with Gasteiger partial charge in [0.15, 0.2) is 5.01 Å². The fourth-order valence-corrected chi connectivity index (χ4v) is 4.05. The molecule has 2 fully saturated rings. The Morgan fingerprint density at radius 2 is 1.96 bits per heavy atom. The zero-order valence-electron chi connectivity index (χ0n) is 15.1. The van der Waals surface area contributed by atoms with Crippen LogP contribution in [0.1, 0.15) is 38.7 Å². The van der Waals surface area contributed by atoms with Crippen molar-refractivity contribution in [3.05, 3.63) is 44.9 Å². The Hall–Kier alpha value is -2.12. The highest BCUT2D eigenvalue weighted by Gasteiger charge is 2.28. The van der Waals surface area contributed by atoms with Gasteiger partial charge in [0.2, 0.25) is 0 Å². The van der Waals surface area contributed by atoms with E-state index in [-0.39, 0.29) is 17.9 Å². The van der Waals surface area contributed by atoms with Gasteiger partial charge >= 0.3 is 0 Å². The van der Waals surface area contributed by atoms with Crippen molar-refractivity contribution in [1.82, 2.24) is 15.2 Å². The van der Waals surface area contributed by atoms with Crippen LogP contribution in [0.2, 0.25) is 5.02 Å². The molecule has 4 rings (SSSR count). The highest BCUT2D eigenvalue weighted by atomic mass is 35.5. The van der Waals surface area contributed by atoms with Crippen LogP contribution in [0, 0.1) is 6.92 Å². The largest absolute Gasteiger partial charge is 0.368 e. The molecular formula is C19H21ClN4O2S. The number of halogens is 1. The van der Waals surface area contributed by atoms with Crippen LogP contribution in [0.15, 0.2) is 23.6 Å². The molecule has 2 aromatic rings. The summed E-state index contributed by atoms with van der Waals surface area (Å²) < 4.78 is 0. The van der Waals surface area contributed by atoms with E-state index in [0.29, 0.717) is 28.8 Å². The molecule has 0 radical (unpaired) electrons. The summed E-state index contributed by atoms with van der Waals surface area (Å²) in [6, 6.07) is 6.15. The van der Waals surface area contributed by atoms with Gasteiger partial charge in [-0.25, -0.2) is 4.98 Å². The molecule has 8 heteroatoms. The molecule has 1 saturated heterocycles. The van der Waals surface area contributed by atoms with Gasteiger partial charge < -0.3 is 15.1 Å². The fourth-order valence-electron chi connectivity index (χ4n) is 3.19. The van der Waals surface area contributed by atoms with Crippen LogP contribution in [-0.2, 0) is 0 Å². The van der Waals surface area contributed by atoms with Crippen molar-refractivity contribution in [3.8, 4) is 0 Å². The number of hydrogen-bond donors (Lipinski definition) is 1. The predicted octanol–water partition coefficient (Wildman–Crippen LogP) is 2.96. The molecule has 2 amide bonds. The summed E-state index contributed by atoms with van der Waals surface area (Å²) >= 11 is 7.35. The van der Waals surface area contributed by atoms with E-state index in [1.807, 2.05) is 18.2 Å². The molecular weight excluding hydrogens is 384 g/mol. The molecule has 0 atom stereocenters. The summed E-state index contributed by atoms with van der Waals surface area (Å²) in [6.45, 7) is 4.78. The van der Waals surface area contributed by atoms with E-state index in [1.54, 1.807) is 10.3 Å². The normalized spacial score (nSPS) is 17.1. The number of thiazole rings is 1. The number of carbonyl (C=O) groups excluding carboxylic acids is 2. The molecule has 1 saturated carbocycles. The minimum absolute atomic E-state index is 0.112. The van der Waals surface area contributed by atoms with Crippen LogP contribution in [0.25, 0.3) is 0 Å². The van der Waals surface area contributed by atoms with Gasteiger partial charge in [0.05, 0.1) is 0 Å². The van der Waals surface area contributed by atoms with Crippen LogP contribution < -0.4 is 10.2 Å². The topological polar surface area (TPSA) is 65.5 Å². The summed E-state index contributed by atoms with van der Waals surface area (Å²) in [5.41, 5.74) is 2.64. The van der Waals surface area contributed by atoms with Crippen molar-refractivity contribution >= 4 is 40.4 Å². The maximum absolute atomic E-state index is 12.7. The Morgan fingerprint density at radius 3 is 2.67 bits per heavy atom. The number of nitrogens with one attached hydrogen (secondary N) is 1. The minimum atomic E-state index is -0.178. The van der Waals surface area contributed by atoms with Crippen LogP contribution in [-0.4, -0.2) is 53.9 Å². The van der Waals surface area contributed by atoms with Gasteiger partial charge in [0.25, 0.3) is 11.8 Å². The average Bonchev–Trinajstić information content (AvgIpc) is 3.34. The van der Waals surface area contributed by atoms with Gasteiger partial charge in [-0.15, -0.1) is 11.3 Å². The second-order valence-corrected chi connectivity index (χ2v) is 8.29. The molecule has 0 spiro atoms. The first-order valence-corrected chi connectivity index (χ1v) is 10.3. The second kappa shape index (κ2) is 7.48. The third-order valence-electron chi connectivity index (χ3n) is 4.91. The molecule has 142 valence electrons. The Morgan fingerprint density at radius 1 is 1.22 bits per heavy atom. The van der Waals surface area contributed by atoms with Crippen LogP contribution in [0.5, 0.6) is 0 Å². The molecule has 2 aliphatic rings. The summed E-state index contributed by atoms with van der Waals surface area (Å²) in [7, 11) is 0. The SMILES string of the molecule is Cc1ccc(Cl)cc1N1CCN(C(=O)c2csc(C(=O)NC3CC3)n2)CC1. The van der Waals surface area contributed by atoms with E-state index in [2.05, 4.69) is 22.1 Å². The minimum Gasteiger partial charge on any atom is -0.368 e. The number of anilines is 1. The summed E-state index contributed by atoms with van der Waals surface area (Å²) in [5.74, 6) is -0.290. The smallest absolute Gasteiger partial charge is 0.280 e. The standard InChI is InChI=1S/C19H21ClN4O2S/c1-12-2-3-13(20)10-16(12)23-6-8-24(9-7-23)19(26)15-11-27-18(22-15)17(25)21-14-4-5-14/h2-3,10-11,14H,4-9H2,1H3,(H,21,25). The Balaban J connectivity index is 1.38. The van der Waals surface area contributed by atoms with E-state index in [4.69, 9.17) is 11.6 Å². The zero-order valence-corrected chi connectivity index (χ0v) is 16.6. The molecule has 27 heavy (non-hydrogen) atoms. The molecule has 0 unspecified atom stereocenters. The number of aryl methyl sites for hydroxylation is 1. The van der Waals surface area contributed by atoms with Crippen LogP contribution in [0.4, 0.5) is 5.69 Å². The molecule has 1 aliphatic heterocycles. The van der Waals surface area contributed by atoms with Gasteiger partial charge in [0.1, 0.15) is 5.69 Å². The van der Waals surface area contributed by atoms with Crippen molar-refractivity contribution in [2.45, 2.75) is 25.8 Å². The molecule has 1 aliphatic carbocycles. The lowest BCUT2D eigenvalue weighted by Gasteiger charge is -2.36. The molecule has 1 N–H and O–H groups in total. The van der Waals surface area contributed by atoms with Crippen molar-refractivity contribution in [2.75, 3.05) is 31.1 Å². The van der Waals surface area contributed by atoms with Crippen molar-refractivity contribution in [3.63, 3.8) is 0 Å². The highest BCUT2D eigenvalue weighted by molar-refractivity contribution is 7.11. The van der Waals surface area contributed by atoms with Crippen LogP contribution >= 0.6 is 22.9 Å². The Kier molecular flexibility index (Phi) is 5.06. The predicted molar refractivity (Wildman–Crippen MR) is 107 cm³/mol. The van der Waals surface area contributed by atoms with E-state index >= 15 is 0 Å². The van der Waals surface area contributed by atoms with Gasteiger partial charge in [-0.3, -0.25) is 9.59 Å². The third kappa shape index (κ3) is 4.09. The van der Waals surface area contributed by atoms with E-state index in [0.717, 1.165) is 31.6 Å². The third-order valence-corrected chi connectivity index (χ3v) is 5.99. The first kappa shape index (κ1) is 18.3. The number of rotatable bonds is 4. The number of piperazine rings is 1. The number of amides is 2. The second-order valence-electron chi connectivity index (χ2n) is 7.00. The fraction of sp³-hybridized carbons (Fsp3) is 0.421. The lowest BCUT2D eigenvalue weighted by molar-refractivity contribution is 0.0741. The molecule has 1 aromatic heterocycles. The lowest BCUT2D eigenvalue weighted by Crippen LogP contribution is -2.49. The number of carbonyl (C=O) groups is 2. The van der Waals surface area contributed by atoms with E-state index in [1.165, 1.54) is 16.9 Å². The van der Waals surface area contributed by atoms with Gasteiger partial charge in [-0.05, 0) is 37.5 Å². The summed E-state index contributed by atoms with van der Waals surface area (Å²) in [5, 5.41) is 5.66. The maximum Gasteiger partial charge on any atom is 0.280 e. The molecule has 6 nitrogen and oxygen atoms in total. The molecule has 0 bridgehead atoms. The van der Waals surface area contributed by atoms with Crippen molar-refractivity contribution in [2.24, 2.45) is 0 Å². The van der Waals surface area contributed by atoms with Crippen molar-refractivity contribution in [1.29, 1.82) is 0 Å². The molecule has 1 aromatic carbocycles. The first-order valence-electron chi connectivity index (χ1n) is 9.08. The lowest BCUT2D eigenvalue weighted by atomic mass is 10.1. The van der Waals surface area contributed by atoms with Gasteiger partial charge in [0, 0.05) is 48.3 Å². The number of hydrogen-bond acceptors (Lipinski definition) is 5. The van der Waals surface area contributed by atoms with Gasteiger partial charge in [-0.1, -0.05) is 17.7 Å². The highest BCUT2D eigenvalue weighted by Crippen LogP contribution is 2.26. The van der Waals surface area contributed by atoms with Gasteiger partial charge in [-0.2, -0.15) is 0 Å². The Labute approximate surface area is 167 Å². The quantitative estimate of drug-likeness (QED) is 0.850. The first-order chi connectivity index (χ1) is 13.0. The Bertz CT molecular complexity index is 872. The summed E-state index contributed by atoms with van der Waals surface area (Å²) in [4.78, 5) is 33.1. The monoisotopic (exact) mass is 404 g/mol. The number of aromatic nitrogens is 1. The maximum atomic E-state index is 12.7.